The minimum atomic E-state index is -0.866. The molecular weight excluding hydrogens is 396 g/mol. The Morgan fingerprint density at radius 1 is 1.05 bits per heavy atom. The summed E-state index contributed by atoms with van der Waals surface area (Å²) in [5.74, 6) is -1.42. The van der Waals surface area contributed by atoms with Crippen LogP contribution >= 0.6 is 31.9 Å². The lowest BCUT2D eigenvalue weighted by Gasteiger charge is -2.14. The molecular formula is C14H11Br2F2NO. The van der Waals surface area contributed by atoms with Gasteiger partial charge in [0.05, 0.1) is 6.10 Å². The van der Waals surface area contributed by atoms with Crippen LogP contribution in [0.25, 0.3) is 0 Å². The molecule has 0 aliphatic carbocycles. The number of aliphatic hydroxyl groups excluding tert-OH is 1. The number of anilines is 1. The van der Waals surface area contributed by atoms with E-state index in [0.717, 1.165) is 16.6 Å². The summed E-state index contributed by atoms with van der Waals surface area (Å²) in [6.45, 7) is 0.00588. The molecule has 0 heterocycles. The monoisotopic (exact) mass is 405 g/mol. The Labute approximate surface area is 132 Å². The van der Waals surface area contributed by atoms with Crippen LogP contribution in [-0.2, 0) is 0 Å². The van der Waals surface area contributed by atoms with Crippen molar-refractivity contribution in [1.82, 2.24) is 0 Å². The molecule has 2 aromatic rings. The van der Waals surface area contributed by atoms with E-state index in [0.29, 0.717) is 10.0 Å². The highest BCUT2D eigenvalue weighted by Gasteiger charge is 2.13. The molecule has 0 radical (unpaired) electrons. The molecule has 2 aromatic carbocycles. The van der Waals surface area contributed by atoms with Gasteiger partial charge in [-0.1, -0.05) is 44.0 Å². The molecule has 0 fully saturated rings. The van der Waals surface area contributed by atoms with Crippen molar-refractivity contribution in [2.24, 2.45) is 0 Å². The second-order valence-electron chi connectivity index (χ2n) is 4.20. The summed E-state index contributed by atoms with van der Waals surface area (Å²) in [7, 11) is 0. The quantitative estimate of drug-likeness (QED) is 0.775. The minimum absolute atomic E-state index is 0.00588. The van der Waals surface area contributed by atoms with E-state index in [1.165, 1.54) is 0 Å². The molecule has 20 heavy (non-hydrogen) atoms. The van der Waals surface area contributed by atoms with Gasteiger partial charge in [0.1, 0.15) is 17.3 Å². The topological polar surface area (TPSA) is 32.3 Å². The Morgan fingerprint density at radius 3 is 2.30 bits per heavy atom. The molecule has 1 atom stereocenters. The number of halogens is 4. The molecule has 0 bridgehead atoms. The predicted octanol–water partition coefficient (Wildman–Crippen LogP) is 4.64. The maximum atomic E-state index is 13.6. The summed E-state index contributed by atoms with van der Waals surface area (Å²) in [5.41, 5.74) is 0.409. The highest BCUT2D eigenvalue weighted by atomic mass is 79.9. The van der Waals surface area contributed by atoms with E-state index in [9.17, 15) is 13.9 Å². The summed E-state index contributed by atoms with van der Waals surface area (Å²) in [4.78, 5) is 0. The van der Waals surface area contributed by atoms with Crippen LogP contribution in [0.1, 0.15) is 11.7 Å². The number of benzene rings is 2. The van der Waals surface area contributed by atoms with E-state index in [1.54, 1.807) is 18.2 Å². The van der Waals surface area contributed by atoms with E-state index in [2.05, 4.69) is 37.2 Å². The zero-order valence-corrected chi connectivity index (χ0v) is 13.4. The second kappa shape index (κ2) is 6.65. The Hall–Kier alpha value is -0.980. The van der Waals surface area contributed by atoms with Crippen LogP contribution in [-0.4, -0.2) is 11.7 Å². The lowest BCUT2D eigenvalue weighted by molar-refractivity contribution is 0.191. The fourth-order valence-electron chi connectivity index (χ4n) is 1.74. The fraction of sp³-hybridized carbons (Fsp3) is 0.143. The molecule has 6 heteroatoms. The minimum Gasteiger partial charge on any atom is -0.387 e. The van der Waals surface area contributed by atoms with Crippen molar-refractivity contribution in [1.29, 1.82) is 0 Å². The third-order valence-electron chi connectivity index (χ3n) is 2.71. The van der Waals surface area contributed by atoms with Crippen molar-refractivity contribution in [3.8, 4) is 0 Å². The largest absolute Gasteiger partial charge is 0.387 e. The molecule has 2 N–H and O–H groups in total. The van der Waals surface area contributed by atoms with Gasteiger partial charge in [-0.05, 0) is 29.8 Å². The maximum absolute atomic E-state index is 13.6. The zero-order valence-electron chi connectivity index (χ0n) is 10.2. The van der Waals surface area contributed by atoms with Gasteiger partial charge in [0.2, 0.25) is 0 Å². The van der Waals surface area contributed by atoms with Crippen LogP contribution in [0.4, 0.5) is 14.5 Å². The smallest absolute Gasteiger partial charge is 0.150 e. The van der Waals surface area contributed by atoms with Crippen molar-refractivity contribution in [3.63, 3.8) is 0 Å². The molecule has 2 nitrogen and oxygen atoms in total. The van der Waals surface area contributed by atoms with Crippen molar-refractivity contribution < 1.29 is 13.9 Å². The van der Waals surface area contributed by atoms with Crippen LogP contribution in [0.3, 0.4) is 0 Å². The predicted molar refractivity (Wildman–Crippen MR) is 81.6 cm³/mol. The second-order valence-corrected chi connectivity index (χ2v) is 6.03. The number of rotatable bonds is 4. The van der Waals surface area contributed by atoms with Crippen LogP contribution in [0.2, 0.25) is 0 Å². The molecule has 0 aromatic heterocycles. The van der Waals surface area contributed by atoms with Crippen LogP contribution in [0.5, 0.6) is 0 Å². The molecule has 0 saturated heterocycles. The molecule has 106 valence electrons. The Morgan fingerprint density at radius 2 is 1.70 bits per heavy atom. The Balaban J connectivity index is 2.09. The molecule has 0 amide bonds. The van der Waals surface area contributed by atoms with Crippen molar-refractivity contribution in [2.75, 3.05) is 11.9 Å². The molecule has 2 rings (SSSR count). The normalized spacial score (nSPS) is 12.2. The van der Waals surface area contributed by atoms with E-state index in [1.807, 2.05) is 6.07 Å². The first kappa shape index (κ1) is 15.4. The van der Waals surface area contributed by atoms with Crippen LogP contribution in [0, 0.1) is 11.6 Å². The molecule has 1 unspecified atom stereocenters. The first-order valence-electron chi connectivity index (χ1n) is 5.79. The van der Waals surface area contributed by atoms with E-state index in [-0.39, 0.29) is 12.2 Å². The van der Waals surface area contributed by atoms with Gasteiger partial charge in [-0.15, -0.1) is 0 Å². The Bertz CT molecular complexity index is 599. The van der Waals surface area contributed by atoms with E-state index < -0.39 is 17.7 Å². The van der Waals surface area contributed by atoms with E-state index >= 15 is 0 Å². The third kappa shape index (κ3) is 3.77. The average Bonchev–Trinajstić information content (AvgIpc) is 2.37. The lowest BCUT2D eigenvalue weighted by Crippen LogP contribution is -2.14. The van der Waals surface area contributed by atoms with Gasteiger partial charge in [0, 0.05) is 15.5 Å². The van der Waals surface area contributed by atoms with Crippen molar-refractivity contribution in [3.05, 3.63) is 62.5 Å². The van der Waals surface area contributed by atoms with E-state index in [4.69, 9.17) is 0 Å². The number of hydrogen-bond donors (Lipinski definition) is 2. The van der Waals surface area contributed by atoms with Crippen molar-refractivity contribution >= 4 is 37.5 Å². The molecule has 0 saturated carbocycles. The third-order valence-corrected chi connectivity index (χ3v) is 3.66. The Kier molecular flexibility index (Phi) is 5.12. The van der Waals surface area contributed by atoms with Gasteiger partial charge in [-0.2, -0.15) is 0 Å². The van der Waals surface area contributed by atoms with Gasteiger partial charge >= 0.3 is 0 Å². The van der Waals surface area contributed by atoms with Gasteiger partial charge in [0.25, 0.3) is 0 Å². The van der Waals surface area contributed by atoms with Gasteiger partial charge < -0.3 is 10.4 Å². The first-order chi connectivity index (χ1) is 9.47. The first-order valence-corrected chi connectivity index (χ1v) is 7.38. The summed E-state index contributed by atoms with van der Waals surface area (Å²) in [6.07, 6.45) is -0.866. The zero-order chi connectivity index (χ0) is 14.7. The van der Waals surface area contributed by atoms with Gasteiger partial charge in [0.15, 0.2) is 0 Å². The standard InChI is InChI=1S/C14H11Br2F2NO/c15-9-3-1-2-8(4-9)13(20)7-19-14-11(17)5-10(16)6-12(14)18/h1-6,13,19-20H,7H2. The number of aliphatic hydroxyl groups is 1. The van der Waals surface area contributed by atoms with Crippen LogP contribution in [0.15, 0.2) is 45.3 Å². The fourth-order valence-corrected chi connectivity index (χ4v) is 2.56. The highest BCUT2D eigenvalue weighted by Crippen LogP contribution is 2.25. The SMILES string of the molecule is OC(CNc1c(F)cc(Br)cc1F)c1cccc(Br)c1. The summed E-state index contributed by atoms with van der Waals surface area (Å²) in [6, 6.07) is 9.43. The maximum Gasteiger partial charge on any atom is 0.150 e. The molecule has 0 spiro atoms. The van der Waals surface area contributed by atoms with Gasteiger partial charge in [-0.25, -0.2) is 8.78 Å². The summed E-state index contributed by atoms with van der Waals surface area (Å²) < 4.78 is 28.4. The van der Waals surface area contributed by atoms with Crippen molar-refractivity contribution in [2.45, 2.75) is 6.10 Å². The highest BCUT2D eigenvalue weighted by molar-refractivity contribution is 9.10. The summed E-state index contributed by atoms with van der Waals surface area (Å²) >= 11 is 6.31. The number of nitrogens with one attached hydrogen (secondary N) is 1. The molecule has 0 aliphatic rings. The number of hydrogen-bond acceptors (Lipinski definition) is 2. The molecule has 0 aliphatic heterocycles. The average molecular weight is 407 g/mol. The van der Waals surface area contributed by atoms with Crippen LogP contribution < -0.4 is 5.32 Å². The lowest BCUT2D eigenvalue weighted by atomic mass is 10.1. The summed E-state index contributed by atoms with van der Waals surface area (Å²) in [5, 5.41) is 12.6. The van der Waals surface area contributed by atoms with Gasteiger partial charge in [-0.3, -0.25) is 0 Å².